The normalized spacial score (nSPS) is 28.1. The Morgan fingerprint density at radius 1 is 1.02 bits per heavy atom. The molecule has 6 rings (SSSR count). The van der Waals surface area contributed by atoms with Crippen molar-refractivity contribution in [1.82, 2.24) is 25.2 Å². The van der Waals surface area contributed by atoms with Crippen molar-refractivity contribution in [3.05, 3.63) is 47.3 Å². The number of likely N-dealkylation sites (tertiary alicyclic amines) is 1. The number of benzene rings is 1. The maximum Gasteiger partial charge on any atom is 0.410 e. The number of hydrogen-bond donors (Lipinski definition) is 3. The van der Waals surface area contributed by atoms with Gasteiger partial charge in [-0.15, -0.1) is 0 Å². The fraction of sp³-hybridized carbons (Fsp3) is 0.675. The van der Waals surface area contributed by atoms with Gasteiger partial charge in [-0.25, -0.2) is 22.4 Å². The van der Waals surface area contributed by atoms with Crippen LogP contribution in [0.2, 0.25) is 0 Å². The van der Waals surface area contributed by atoms with Gasteiger partial charge < -0.3 is 25.0 Å². The highest BCUT2D eigenvalue weighted by Crippen LogP contribution is 2.49. The van der Waals surface area contributed by atoms with Crippen LogP contribution in [0.1, 0.15) is 116 Å². The van der Waals surface area contributed by atoms with E-state index in [9.17, 15) is 36.8 Å². The second kappa shape index (κ2) is 16.0. The van der Waals surface area contributed by atoms with E-state index in [1.807, 2.05) is 12.2 Å². The molecule has 1 spiro atoms. The van der Waals surface area contributed by atoms with Crippen molar-refractivity contribution in [1.29, 1.82) is 0 Å². The Morgan fingerprint density at radius 3 is 2.41 bits per heavy atom. The third-order valence-corrected chi connectivity index (χ3v) is 13.9. The van der Waals surface area contributed by atoms with Gasteiger partial charge in [0, 0.05) is 24.4 Å². The van der Waals surface area contributed by atoms with Crippen LogP contribution in [0.15, 0.2) is 30.4 Å². The van der Waals surface area contributed by atoms with Crippen molar-refractivity contribution >= 4 is 39.9 Å². The van der Waals surface area contributed by atoms with E-state index in [4.69, 9.17) is 9.47 Å². The minimum Gasteiger partial charge on any atom is -0.444 e. The summed E-state index contributed by atoms with van der Waals surface area (Å²) >= 11 is 0. The van der Waals surface area contributed by atoms with Crippen molar-refractivity contribution in [2.75, 3.05) is 6.54 Å². The molecule has 3 fully saturated rings. The first-order valence-electron chi connectivity index (χ1n) is 19.9. The lowest BCUT2D eigenvalue weighted by Gasteiger charge is -2.31. The highest BCUT2D eigenvalue weighted by atomic mass is 32.2. The van der Waals surface area contributed by atoms with E-state index in [0.717, 1.165) is 38.5 Å². The molecule has 3 aliphatic heterocycles. The number of fused-ring (bicyclic) bond motifs is 2. The molecule has 3 heterocycles. The molecule has 1 saturated heterocycles. The van der Waals surface area contributed by atoms with Crippen molar-refractivity contribution in [3.63, 3.8) is 0 Å². The lowest BCUT2D eigenvalue weighted by molar-refractivity contribution is -0.141. The molecular weight excluding hydrogens is 746 g/mol. The Bertz CT molecular complexity index is 1860. The average molecular weight is 802 g/mol. The second-order valence-electron chi connectivity index (χ2n) is 17.5. The average Bonchev–Trinajstić information content (AvgIpc) is 3.94. The molecule has 5 atom stereocenters. The number of carbonyl (C=O) groups excluding carboxylic acids is 5. The highest BCUT2D eigenvalue weighted by Gasteiger charge is 2.63. The molecule has 16 heteroatoms. The molecule has 2 saturated carbocycles. The van der Waals surface area contributed by atoms with E-state index >= 15 is 0 Å². The Labute approximate surface area is 328 Å². The van der Waals surface area contributed by atoms with E-state index in [-0.39, 0.29) is 32.5 Å². The van der Waals surface area contributed by atoms with Crippen molar-refractivity contribution in [2.45, 2.75) is 152 Å². The predicted octanol–water partition coefficient (Wildman–Crippen LogP) is 4.95. The lowest BCUT2D eigenvalue weighted by Crippen LogP contribution is -2.59. The third kappa shape index (κ3) is 8.99. The summed E-state index contributed by atoms with van der Waals surface area (Å²) < 4.78 is 54.4. The molecule has 14 nitrogen and oxygen atoms in total. The molecule has 2 aliphatic carbocycles. The van der Waals surface area contributed by atoms with E-state index < -0.39 is 91.7 Å². The quantitative estimate of drug-likeness (QED) is 0.336. The summed E-state index contributed by atoms with van der Waals surface area (Å²) in [4.78, 5) is 71.7. The molecule has 56 heavy (non-hydrogen) atoms. The van der Waals surface area contributed by atoms with Crippen molar-refractivity contribution in [2.24, 2.45) is 11.8 Å². The topological polar surface area (TPSA) is 181 Å². The fourth-order valence-corrected chi connectivity index (χ4v) is 9.82. The molecule has 0 unspecified atom stereocenters. The van der Waals surface area contributed by atoms with Gasteiger partial charge in [-0.1, -0.05) is 63.8 Å². The van der Waals surface area contributed by atoms with Gasteiger partial charge in [0.2, 0.25) is 21.8 Å². The maximum absolute atomic E-state index is 14.5. The fourth-order valence-electron chi connectivity index (χ4n) is 8.13. The first kappa shape index (κ1) is 41.4. The van der Waals surface area contributed by atoms with Crippen molar-refractivity contribution < 1.29 is 46.3 Å². The Kier molecular flexibility index (Phi) is 11.8. The van der Waals surface area contributed by atoms with E-state index in [2.05, 4.69) is 15.4 Å². The molecule has 1 aromatic rings. The summed E-state index contributed by atoms with van der Waals surface area (Å²) in [5.74, 6) is -3.56. The van der Waals surface area contributed by atoms with Crippen LogP contribution in [0.4, 0.5) is 14.0 Å². The third-order valence-electron chi connectivity index (χ3n) is 11.6. The number of carbonyl (C=O) groups is 5. The number of hydrogen-bond acceptors (Lipinski definition) is 9. The van der Waals surface area contributed by atoms with Gasteiger partial charge in [0.15, 0.2) is 0 Å². The van der Waals surface area contributed by atoms with E-state index in [1.54, 1.807) is 46.8 Å². The van der Waals surface area contributed by atoms with Crippen LogP contribution in [-0.2, 0) is 47.0 Å². The number of ether oxygens (including phenoxy) is 2. The molecule has 5 amide bonds. The molecule has 1 aromatic carbocycles. The molecule has 5 aliphatic rings. The number of amides is 5. The van der Waals surface area contributed by atoms with Crippen LogP contribution < -0.4 is 15.4 Å². The number of nitrogens with one attached hydrogen (secondary N) is 3. The number of allylic oxidation sites excluding steroid dienone is 1. The second-order valence-corrected chi connectivity index (χ2v) is 19.5. The minimum atomic E-state index is -4.06. The maximum atomic E-state index is 14.5. The summed E-state index contributed by atoms with van der Waals surface area (Å²) in [5.41, 5.74) is -1.40. The van der Waals surface area contributed by atoms with Crippen LogP contribution in [0.25, 0.3) is 0 Å². The minimum absolute atomic E-state index is 0.00785. The number of nitrogens with zero attached hydrogens (tertiary/aromatic N) is 2. The highest BCUT2D eigenvalue weighted by molar-refractivity contribution is 7.91. The summed E-state index contributed by atoms with van der Waals surface area (Å²) in [7, 11) is -4.06. The Balaban J connectivity index is 1.24. The zero-order chi connectivity index (χ0) is 40.6. The summed E-state index contributed by atoms with van der Waals surface area (Å²) in [5, 5.41) is 5.47. The van der Waals surface area contributed by atoms with Crippen molar-refractivity contribution in [3.8, 4) is 0 Å². The van der Waals surface area contributed by atoms with Crippen LogP contribution in [0.5, 0.6) is 0 Å². The van der Waals surface area contributed by atoms with Gasteiger partial charge in [0.1, 0.15) is 35.1 Å². The number of rotatable bonds is 6. The lowest BCUT2D eigenvalue weighted by atomic mass is 10.0. The summed E-state index contributed by atoms with van der Waals surface area (Å²) in [6.45, 7) is 8.40. The number of halogens is 1. The summed E-state index contributed by atoms with van der Waals surface area (Å²) in [6, 6.07) is 2.21. The number of sulfonamides is 1. The predicted molar refractivity (Wildman–Crippen MR) is 203 cm³/mol. The van der Waals surface area contributed by atoms with Gasteiger partial charge in [0.25, 0.3) is 5.91 Å². The standard InChI is InChI=1S/C40H56FN5O9S/c1-25(2)32(42-36(50)55-38(3,4)5)34(48)46-23-28(54-37(51)45-22-26-14-13-16-30(41)29(26)24-45)20-31(46)33(47)43-40-21-27(40)15-11-9-7-6-8-10-12-17-39(18-19-39)56(52,53)44-35(40)49/h11,13-16,25,27-28,31-32H,6-10,12,17-24H2,1-5H3,(H,42,50)(H,43,47)(H,44,49)/b15-11+/t27-,28-,31+,32+,40-/m1/s1. The first-order valence-corrected chi connectivity index (χ1v) is 21.4. The Hall–Kier alpha value is -4.21. The molecular formula is C40H56FN5O9S. The van der Waals surface area contributed by atoms with Gasteiger partial charge in [-0.05, 0) is 76.8 Å². The van der Waals surface area contributed by atoms with Crippen LogP contribution in [0, 0.1) is 17.7 Å². The van der Waals surface area contributed by atoms with E-state index in [0.29, 0.717) is 30.4 Å². The first-order chi connectivity index (χ1) is 26.3. The summed E-state index contributed by atoms with van der Waals surface area (Å²) in [6.07, 6.45) is 8.04. The van der Waals surface area contributed by atoms with Gasteiger partial charge in [0.05, 0.1) is 17.8 Å². The van der Waals surface area contributed by atoms with Gasteiger partial charge in [-0.3, -0.25) is 24.0 Å². The van der Waals surface area contributed by atoms with Crippen LogP contribution in [0.3, 0.4) is 0 Å². The molecule has 0 radical (unpaired) electrons. The molecule has 0 aromatic heterocycles. The van der Waals surface area contributed by atoms with E-state index in [1.165, 1.54) is 15.9 Å². The van der Waals surface area contributed by atoms with Gasteiger partial charge in [-0.2, -0.15) is 0 Å². The largest absolute Gasteiger partial charge is 0.444 e. The molecule has 3 N–H and O–H groups in total. The van der Waals surface area contributed by atoms with Gasteiger partial charge >= 0.3 is 12.2 Å². The SMILES string of the molecule is CC(C)[C@H](NC(=O)OC(C)(C)C)C(=O)N1C[C@H](OC(=O)N2Cc3cccc(F)c3C2)C[C@H]1C(=O)N[C@]12C[C@H]1/C=C/CCCCCCCC1(CC1)S(=O)(=O)NC2=O. The van der Waals surface area contributed by atoms with Crippen LogP contribution in [-0.4, -0.2) is 88.7 Å². The monoisotopic (exact) mass is 801 g/mol. The smallest absolute Gasteiger partial charge is 0.410 e. The zero-order valence-corrected chi connectivity index (χ0v) is 33.8. The molecule has 308 valence electrons. The zero-order valence-electron chi connectivity index (χ0n) is 33.0. The Morgan fingerprint density at radius 2 is 1.73 bits per heavy atom. The number of alkyl carbamates (subject to hydrolysis) is 1. The van der Waals surface area contributed by atoms with Crippen LogP contribution >= 0.6 is 0 Å². The molecule has 0 bridgehead atoms.